The zero-order chi connectivity index (χ0) is 15.5. The van der Waals surface area contributed by atoms with E-state index in [1.165, 1.54) is 0 Å². The first-order chi connectivity index (χ1) is 9.87. The molecule has 2 rings (SSSR count). The van der Waals surface area contributed by atoms with Crippen LogP contribution in [0, 0.1) is 13.8 Å². The van der Waals surface area contributed by atoms with Gasteiger partial charge in [0, 0.05) is 5.56 Å². The molecule has 0 bridgehead atoms. The normalized spacial score (nSPS) is 11.3. The van der Waals surface area contributed by atoms with Crippen molar-refractivity contribution in [3.63, 3.8) is 0 Å². The summed E-state index contributed by atoms with van der Waals surface area (Å²) in [5.74, 6) is -0.913. The molecule has 0 radical (unpaired) electrons. The van der Waals surface area contributed by atoms with Gasteiger partial charge in [-0.25, -0.2) is 8.42 Å². The maximum absolute atomic E-state index is 12.1. The second-order valence-corrected chi connectivity index (χ2v) is 7.30. The summed E-state index contributed by atoms with van der Waals surface area (Å²) in [6, 6.07) is 14.2. The second kappa shape index (κ2) is 6.22. The van der Waals surface area contributed by atoms with Crippen LogP contribution in [0.25, 0.3) is 0 Å². The SMILES string of the molecule is Cc1ccc(C(=O)CS(=O)(=O)Cc2ccccc2)cc1C. The van der Waals surface area contributed by atoms with Gasteiger partial charge in [0.15, 0.2) is 15.6 Å². The van der Waals surface area contributed by atoms with Gasteiger partial charge in [0.2, 0.25) is 0 Å². The van der Waals surface area contributed by atoms with E-state index in [4.69, 9.17) is 0 Å². The minimum absolute atomic E-state index is 0.107. The molecule has 0 heterocycles. The quantitative estimate of drug-likeness (QED) is 0.797. The van der Waals surface area contributed by atoms with Crippen LogP contribution in [0.1, 0.15) is 27.0 Å². The number of Topliss-reactive ketones (excluding diaryl/α,β-unsaturated/α-hetero) is 1. The Bertz CT molecular complexity index is 747. The zero-order valence-corrected chi connectivity index (χ0v) is 13.0. The van der Waals surface area contributed by atoms with Gasteiger partial charge < -0.3 is 0 Å². The Morgan fingerprint density at radius 2 is 1.62 bits per heavy atom. The second-order valence-electron chi connectivity index (χ2n) is 5.24. The molecule has 0 aliphatic carbocycles. The predicted octanol–water partition coefficient (Wildman–Crippen LogP) is 3.10. The van der Waals surface area contributed by atoms with Crippen LogP contribution in [0.3, 0.4) is 0 Å². The Morgan fingerprint density at radius 3 is 2.24 bits per heavy atom. The molecule has 0 saturated carbocycles. The largest absolute Gasteiger partial charge is 0.293 e. The lowest BCUT2D eigenvalue weighted by molar-refractivity contribution is 0.102. The number of aryl methyl sites for hydroxylation is 2. The van der Waals surface area contributed by atoms with E-state index in [0.29, 0.717) is 11.1 Å². The molecule has 3 nitrogen and oxygen atoms in total. The van der Waals surface area contributed by atoms with Crippen molar-refractivity contribution in [2.45, 2.75) is 19.6 Å². The molecular formula is C17H18O3S. The molecule has 0 aliphatic rings. The lowest BCUT2D eigenvalue weighted by Crippen LogP contribution is -2.18. The van der Waals surface area contributed by atoms with Crippen LogP contribution in [-0.4, -0.2) is 20.0 Å². The van der Waals surface area contributed by atoms with E-state index in [0.717, 1.165) is 11.1 Å². The van der Waals surface area contributed by atoms with Crippen LogP contribution >= 0.6 is 0 Å². The Kier molecular flexibility index (Phi) is 4.58. The van der Waals surface area contributed by atoms with Gasteiger partial charge in [-0.15, -0.1) is 0 Å². The summed E-state index contributed by atoms with van der Waals surface area (Å²) in [4.78, 5) is 12.1. The van der Waals surface area contributed by atoms with Crippen LogP contribution in [0.5, 0.6) is 0 Å². The maximum Gasteiger partial charge on any atom is 0.177 e. The number of sulfone groups is 1. The van der Waals surface area contributed by atoms with Crippen molar-refractivity contribution >= 4 is 15.6 Å². The van der Waals surface area contributed by atoms with Gasteiger partial charge in [0.25, 0.3) is 0 Å². The molecule has 4 heteroatoms. The summed E-state index contributed by atoms with van der Waals surface area (Å²) in [5, 5.41) is 0. The molecule has 2 aromatic rings. The van der Waals surface area contributed by atoms with E-state index >= 15 is 0 Å². The van der Waals surface area contributed by atoms with Gasteiger partial charge >= 0.3 is 0 Å². The van der Waals surface area contributed by atoms with Crippen LogP contribution in [0.4, 0.5) is 0 Å². The van der Waals surface area contributed by atoms with Gasteiger partial charge in [0.05, 0.1) is 5.75 Å². The lowest BCUT2D eigenvalue weighted by atomic mass is 10.0. The highest BCUT2D eigenvalue weighted by molar-refractivity contribution is 7.91. The van der Waals surface area contributed by atoms with E-state index in [1.807, 2.05) is 26.0 Å². The van der Waals surface area contributed by atoms with Crippen LogP contribution in [0.15, 0.2) is 48.5 Å². The average molecular weight is 302 g/mol. The van der Waals surface area contributed by atoms with Crippen molar-refractivity contribution in [1.29, 1.82) is 0 Å². The topological polar surface area (TPSA) is 51.2 Å². The van der Waals surface area contributed by atoms with Crippen molar-refractivity contribution in [1.82, 2.24) is 0 Å². The molecule has 0 amide bonds. The third-order valence-electron chi connectivity index (χ3n) is 3.41. The van der Waals surface area contributed by atoms with Gasteiger partial charge in [-0.3, -0.25) is 4.79 Å². The molecule has 0 fully saturated rings. The van der Waals surface area contributed by atoms with Crippen molar-refractivity contribution in [2.75, 3.05) is 5.75 Å². The number of benzene rings is 2. The summed E-state index contributed by atoms with van der Waals surface area (Å²) in [6.07, 6.45) is 0. The summed E-state index contributed by atoms with van der Waals surface area (Å²) >= 11 is 0. The first-order valence-corrected chi connectivity index (χ1v) is 8.54. The van der Waals surface area contributed by atoms with Crippen LogP contribution < -0.4 is 0 Å². The average Bonchev–Trinajstić information content (AvgIpc) is 2.41. The number of hydrogen-bond donors (Lipinski definition) is 0. The fourth-order valence-corrected chi connectivity index (χ4v) is 3.45. The molecule has 0 spiro atoms. The van der Waals surface area contributed by atoms with Crippen LogP contribution in [0.2, 0.25) is 0 Å². The molecule has 0 N–H and O–H groups in total. The summed E-state index contributed by atoms with van der Waals surface area (Å²) < 4.78 is 24.2. The number of ketones is 1. The first-order valence-electron chi connectivity index (χ1n) is 6.72. The fourth-order valence-electron chi connectivity index (χ4n) is 2.08. The molecule has 0 unspecified atom stereocenters. The third-order valence-corrected chi connectivity index (χ3v) is 4.88. The van der Waals surface area contributed by atoms with Gasteiger partial charge in [-0.05, 0) is 36.6 Å². The van der Waals surface area contributed by atoms with Crippen molar-refractivity contribution in [3.8, 4) is 0 Å². The van der Waals surface area contributed by atoms with E-state index in [-0.39, 0.29) is 11.5 Å². The standard InChI is InChI=1S/C17H18O3S/c1-13-8-9-16(10-14(13)2)17(18)12-21(19,20)11-15-6-4-3-5-7-15/h3-10H,11-12H2,1-2H3. The monoisotopic (exact) mass is 302 g/mol. The highest BCUT2D eigenvalue weighted by atomic mass is 32.2. The minimum Gasteiger partial charge on any atom is -0.293 e. The minimum atomic E-state index is -3.45. The summed E-state index contributed by atoms with van der Waals surface area (Å²) in [7, 11) is -3.45. The highest BCUT2D eigenvalue weighted by Crippen LogP contribution is 2.13. The molecule has 0 atom stereocenters. The van der Waals surface area contributed by atoms with E-state index in [9.17, 15) is 13.2 Å². The summed E-state index contributed by atoms with van der Waals surface area (Å²) in [5.41, 5.74) is 3.22. The van der Waals surface area contributed by atoms with E-state index in [1.54, 1.807) is 36.4 Å². The van der Waals surface area contributed by atoms with Gasteiger partial charge in [-0.2, -0.15) is 0 Å². The van der Waals surface area contributed by atoms with Gasteiger partial charge in [-0.1, -0.05) is 42.5 Å². The van der Waals surface area contributed by atoms with E-state index < -0.39 is 15.6 Å². The predicted molar refractivity (Wildman–Crippen MR) is 84.2 cm³/mol. The number of carbonyl (C=O) groups excluding carboxylic acids is 1. The number of hydrogen-bond acceptors (Lipinski definition) is 3. The first kappa shape index (κ1) is 15.4. The Balaban J connectivity index is 2.12. The smallest absolute Gasteiger partial charge is 0.177 e. The van der Waals surface area contributed by atoms with Crippen molar-refractivity contribution in [2.24, 2.45) is 0 Å². The maximum atomic E-state index is 12.1. The Labute approximate surface area is 125 Å². The third kappa shape index (κ3) is 4.26. The van der Waals surface area contributed by atoms with E-state index in [2.05, 4.69) is 0 Å². The Hall–Kier alpha value is -1.94. The molecular weight excluding hydrogens is 284 g/mol. The molecule has 0 aromatic heterocycles. The number of carbonyl (C=O) groups is 1. The van der Waals surface area contributed by atoms with Crippen molar-refractivity contribution < 1.29 is 13.2 Å². The van der Waals surface area contributed by atoms with Crippen molar-refractivity contribution in [3.05, 3.63) is 70.8 Å². The van der Waals surface area contributed by atoms with Crippen LogP contribution in [-0.2, 0) is 15.6 Å². The summed E-state index contributed by atoms with van der Waals surface area (Å²) in [6.45, 7) is 3.86. The zero-order valence-electron chi connectivity index (χ0n) is 12.2. The lowest BCUT2D eigenvalue weighted by Gasteiger charge is -2.06. The molecule has 0 saturated heterocycles. The molecule has 110 valence electrons. The molecule has 21 heavy (non-hydrogen) atoms. The Morgan fingerprint density at radius 1 is 0.952 bits per heavy atom. The molecule has 2 aromatic carbocycles. The highest BCUT2D eigenvalue weighted by Gasteiger charge is 2.18. The fraction of sp³-hybridized carbons (Fsp3) is 0.235. The van der Waals surface area contributed by atoms with Gasteiger partial charge in [0.1, 0.15) is 5.75 Å². The molecule has 0 aliphatic heterocycles. The number of rotatable bonds is 5.